The number of benzene rings is 1. The summed E-state index contributed by atoms with van der Waals surface area (Å²) in [5.74, 6) is 1.02. The minimum absolute atomic E-state index is 0.997. The molecule has 0 radical (unpaired) electrons. The highest BCUT2D eigenvalue weighted by atomic mass is 32.2. The quantitative estimate of drug-likeness (QED) is 0.799. The molecule has 3 rings (SSSR count). The van der Waals surface area contributed by atoms with E-state index in [1.54, 1.807) is 24.2 Å². The molecule has 0 amide bonds. The second kappa shape index (κ2) is 5.61. The summed E-state index contributed by atoms with van der Waals surface area (Å²) in [4.78, 5) is 12.7. The van der Waals surface area contributed by atoms with Crippen LogP contribution >= 0.6 is 11.8 Å². The highest BCUT2D eigenvalue weighted by molar-refractivity contribution is 7.98. The van der Waals surface area contributed by atoms with Gasteiger partial charge in [-0.3, -0.25) is 4.98 Å². The van der Waals surface area contributed by atoms with Gasteiger partial charge >= 0.3 is 0 Å². The topological polar surface area (TPSA) is 29.0 Å². The second-order valence-corrected chi connectivity index (χ2v) is 5.53. The zero-order valence-corrected chi connectivity index (χ0v) is 11.9. The van der Waals surface area contributed by atoms with Crippen LogP contribution in [0.5, 0.6) is 0 Å². The Balaban J connectivity index is 1.98. The van der Waals surface area contributed by atoms with Gasteiger partial charge in [0.25, 0.3) is 0 Å². The van der Waals surface area contributed by atoms with E-state index in [2.05, 4.69) is 45.4 Å². The van der Waals surface area contributed by atoms with E-state index >= 15 is 0 Å². The third-order valence-corrected chi connectivity index (χ3v) is 4.19. The van der Waals surface area contributed by atoms with Crippen molar-refractivity contribution in [3.63, 3.8) is 0 Å². The zero-order chi connectivity index (χ0) is 13.1. The van der Waals surface area contributed by atoms with E-state index in [4.69, 9.17) is 0 Å². The monoisotopic (exact) mass is 271 g/mol. The summed E-state index contributed by atoms with van der Waals surface area (Å²) in [5, 5.41) is 0. The van der Waals surface area contributed by atoms with Crippen molar-refractivity contribution in [3.8, 4) is 11.3 Å². The van der Waals surface area contributed by atoms with Gasteiger partial charge in [0.15, 0.2) is 5.82 Å². The molecule has 19 heavy (non-hydrogen) atoms. The van der Waals surface area contributed by atoms with Crippen LogP contribution in [0.3, 0.4) is 0 Å². The highest BCUT2D eigenvalue weighted by Crippen LogP contribution is 2.29. The third-order valence-electron chi connectivity index (χ3n) is 3.45. The predicted octanol–water partition coefficient (Wildman–Crippen LogP) is 3.47. The van der Waals surface area contributed by atoms with E-state index < -0.39 is 0 Å². The smallest absolute Gasteiger partial charge is 0.155 e. The molecule has 0 N–H and O–H groups in total. The van der Waals surface area contributed by atoms with Crippen LogP contribution in [-0.2, 0) is 0 Å². The first-order chi connectivity index (χ1) is 9.38. The van der Waals surface area contributed by atoms with Crippen LogP contribution in [0, 0.1) is 0 Å². The first-order valence-electron chi connectivity index (χ1n) is 6.59. The predicted molar refractivity (Wildman–Crippen MR) is 80.7 cm³/mol. The average molecular weight is 271 g/mol. The lowest BCUT2D eigenvalue weighted by molar-refractivity contribution is 0.929. The fourth-order valence-electron chi connectivity index (χ4n) is 2.44. The lowest BCUT2D eigenvalue weighted by atomic mass is 10.1. The summed E-state index contributed by atoms with van der Waals surface area (Å²) >= 11 is 1.76. The van der Waals surface area contributed by atoms with Crippen LogP contribution in [0.1, 0.15) is 12.8 Å². The van der Waals surface area contributed by atoms with Crippen LogP contribution in [0.15, 0.2) is 41.6 Å². The molecule has 1 aliphatic rings. The van der Waals surface area contributed by atoms with Gasteiger partial charge in [-0.2, -0.15) is 0 Å². The largest absolute Gasteiger partial charge is 0.355 e. The number of hydrogen-bond donors (Lipinski definition) is 0. The Morgan fingerprint density at radius 3 is 2.37 bits per heavy atom. The molecule has 4 heteroatoms. The van der Waals surface area contributed by atoms with Crippen molar-refractivity contribution in [2.24, 2.45) is 0 Å². The molecule has 0 unspecified atom stereocenters. The summed E-state index contributed by atoms with van der Waals surface area (Å²) < 4.78 is 0. The summed E-state index contributed by atoms with van der Waals surface area (Å²) in [6, 6.07) is 8.55. The van der Waals surface area contributed by atoms with Gasteiger partial charge in [-0.15, -0.1) is 11.8 Å². The third kappa shape index (κ3) is 2.59. The van der Waals surface area contributed by atoms with Crippen molar-refractivity contribution in [1.82, 2.24) is 9.97 Å². The van der Waals surface area contributed by atoms with Crippen molar-refractivity contribution in [1.29, 1.82) is 0 Å². The van der Waals surface area contributed by atoms with Gasteiger partial charge < -0.3 is 4.90 Å². The molecule has 1 fully saturated rings. The SMILES string of the molecule is CSc1ccc(-c2nccnc2N2CCCC2)cc1. The maximum atomic E-state index is 4.54. The minimum atomic E-state index is 0.997. The molecule has 98 valence electrons. The Hall–Kier alpha value is -1.55. The van der Waals surface area contributed by atoms with Crippen LogP contribution in [0.4, 0.5) is 5.82 Å². The molecule has 2 aromatic rings. The van der Waals surface area contributed by atoms with Crippen LogP contribution in [0.25, 0.3) is 11.3 Å². The molecule has 1 aliphatic heterocycles. The average Bonchev–Trinajstić information content (AvgIpc) is 3.01. The second-order valence-electron chi connectivity index (χ2n) is 4.65. The van der Waals surface area contributed by atoms with E-state index in [0.29, 0.717) is 0 Å². The first-order valence-corrected chi connectivity index (χ1v) is 7.81. The number of hydrogen-bond acceptors (Lipinski definition) is 4. The number of rotatable bonds is 3. The number of aromatic nitrogens is 2. The Bertz CT molecular complexity index is 548. The Morgan fingerprint density at radius 2 is 1.68 bits per heavy atom. The molecular weight excluding hydrogens is 254 g/mol. The first kappa shape index (κ1) is 12.5. The molecule has 0 spiro atoms. The van der Waals surface area contributed by atoms with Gasteiger partial charge in [0, 0.05) is 35.9 Å². The van der Waals surface area contributed by atoms with Gasteiger partial charge in [0.2, 0.25) is 0 Å². The summed E-state index contributed by atoms with van der Waals surface area (Å²) in [6.45, 7) is 2.18. The van der Waals surface area contributed by atoms with Crippen LogP contribution in [0.2, 0.25) is 0 Å². The van der Waals surface area contributed by atoms with E-state index in [-0.39, 0.29) is 0 Å². The van der Waals surface area contributed by atoms with E-state index in [1.165, 1.54) is 17.7 Å². The molecule has 1 aromatic carbocycles. The van der Waals surface area contributed by atoms with Gasteiger partial charge in [0.1, 0.15) is 5.69 Å². The Kier molecular flexibility index (Phi) is 3.69. The molecule has 0 atom stereocenters. The van der Waals surface area contributed by atoms with Gasteiger partial charge in [-0.25, -0.2) is 4.98 Å². The molecule has 1 saturated heterocycles. The molecule has 0 bridgehead atoms. The van der Waals surface area contributed by atoms with Crippen molar-refractivity contribution in [2.75, 3.05) is 24.2 Å². The van der Waals surface area contributed by atoms with Gasteiger partial charge in [0.05, 0.1) is 0 Å². The normalized spacial score (nSPS) is 14.9. The fourth-order valence-corrected chi connectivity index (χ4v) is 2.85. The van der Waals surface area contributed by atoms with Crippen LogP contribution in [-0.4, -0.2) is 29.3 Å². The van der Waals surface area contributed by atoms with Crippen molar-refractivity contribution in [3.05, 3.63) is 36.7 Å². The number of nitrogens with zero attached hydrogens (tertiary/aromatic N) is 3. The summed E-state index contributed by atoms with van der Waals surface area (Å²) in [6.07, 6.45) is 8.15. The van der Waals surface area contributed by atoms with E-state index in [0.717, 1.165) is 30.2 Å². The maximum Gasteiger partial charge on any atom is 0.155 e. The van der Waals surface area contributed by atoms with E-state index in [1.807, 2.05) is 0 Å². The summed E-state index contributed by atoms with van der Waals surface area (Å²) in [5.41, 5.74) is 2.14. The lowest BCUT2D eigenvalue weighted by Gasteiger charge is -2.19. The molecule has 0 aliphatic carbocycles. The highest BCUT2D eigenvalue weighted by Gasteiger charge is 2.18. The lowest BCUT2D eigenvalue weighted by Crippen LogP contribution is -2.20. The molecular formula is C15H17N3S. The zero-order valence-electron chi connectivity index (χ0n) is 11.0. The maximum absolute atomic E-state index is 4.54. The minimum Gasteiger partial charge on any atom is -0.355 e. The molecule has 2 heterocycles. The molecule has 0 saturated carbocycles. The van der Waals surface area contributed by atoms with Crippen molar-refractivity contribution in [2.45, 2.75) is 17.7 Å². The Morgan fingerprint density at radius 1 is 1.00 bits per heavy atom. The fraction of sp³-hybridized carbons (Fsp3) is 0.333. The molecule has 1 aromatic heterocycles. The molecule has 3 nitrogen and oxygen atoms in total. The Labute approximate surface area is 118 Å². The summed E-state index contributed by atoms with van der Waals surface area (Å²) in [7, 11) is 0. The van der Waals surface area contributed by atoms with Crippen molar-refractivity contribution < 1.29 is 0 Å². The van der Waals surface area contributed by atoms with Gasteiger partial charge in [-0.1, -0.05) is 12.1 Å². The standard InChI is InChI=1S/C15H17N3S/c1-19-13-6-4-12(5-7-13)14-15(17-9-8-16-14)18-10-2-3-11-18/h4-9H,2-3,10-11H2,1H3. The van der Waals surface area contributed by atoms with Crippen LogP contribution < -0.4 is 4.90 Å². The van der Waals surface area contributed by atoms with Crippen molar-refractivity contribution >= 4 is 17.6 Å². The van der Waals surface area contributed by atoms with Gasteiger partial charge in [-0.05, 0) is 31.2 Å². The number of anilines is 1. The van der Waals surface area contributed by atoms with E-state index in [9.17, 15) is 0 Å². The number of thioether (sulfide) groups is 1.